The van der Waals surface area contributed by atoms with Crippen LogP contribution in [-0.2, 0) is 5.41 Å². The van der Waals surface area contributed by atoms with Gasteiger partial charge in [0, 0.05) is 11.4 Å². The predicted molar refractivity (Wildman–Crippen MR) is 79.5 cm³/mol. The van der Waals surface area contributed by atoms with Gasteiger partial charge in [0.2, 0.25) is 0 Å². The standard InChI is InChI=1S/C16H16N4/c1-10-2-7-13-14(18-10)20-15(19-13)16(8-9-16)11-3-5-12(17)6-4-11/h2-7H,8-9,17H2,1H3,(H,18,19,20). The maximum atomic E-state index is 5.77. The van der Waals surface area contributed by atoms with Gasteiger partial charge in [-0.05, 0) is 49.6 Å². The Bertz CT molecular complexity index is 782. The molecule has 3 aromatic rings. The van der Waals surface area contributed by atoms with E-state index in [-0.39, 0.29) is 5.41 Å². The number of nitrogen functional groups attached to an aromatic ring is 1. The van der Waals surface area contributed by atoms with E-state index in [0.29, 0.717) is 0 Å². The number of H-pyrrole nitrogens is 1. The molecule has 0 radical (unpaired) electrons. The molecule has 1 saturated carbocycles. The highest BCUT2D eigenvalue weighted by atomic mass is 15.0. The quantitative estimate of drug-likeness (QED) is 0.699. The van der Waals surface area contributed by atoms with Gasteiger partial charge < -0.3 is 10.7 Å². The number of aromatic nitrogens is 3. The van der Waals surface area contributed by atoms with E-state index in [2.05, 4.69) is 22.1 Å². The summed E-state index contributed by atoms with van der Waals surface area (Å²) in [4.78, 5) is 12.6. The van der Waals surface area contributed by atoms with E-state index in [4.69, 9.17) is 10.7 Å². The van der Waals surface area contributed by atoms with Gasteiger partial charge in [0.25, 0.3) is 0 Å². The lowest BCUT2D eigenvalue weighted by molar-refractivity contribution is 0.778. The van der Waals surface area contributed by atoms with E-state index < -0.39 is 0 Å². The fourth-order valence-electron chi connectivity index (χ4n) is 2.80. The van der Waals surface area contributed by atoms with Gasteiger partial charge in [0.15, 0.2) is 5.65 Å². The maximum Gasteiger partial charge on any atom is 0.177 e. The van der Waals surface area contributed by atoms with Crippen molar-refractivity contribution in [1.29, 1.82) is 0 Å². The van der Waals surface area contributed by atoms with E-state index in [9.17, 15) is 0 Å². The van der Waals surface area contributed by atoms with Crippen molar-refractivity contribution in [3.63, 3.8) is 0 Å². The Balaban J connectivity index is 1.83. The number of hydrogen-bond donors (Lipinski definition) is 2. The molecule has 3 N–H and O–H groups in total. The summed E-state index contributed by atoms with van der Waals surface area (Å²) < 4.78 is 0. The third-order valence-corrected chi connectivity index (χ3v) is 4.15. The molecule has 0 amide bonds. The summed E-state index contributed by atoms with van der Waals surface area (Å²) in [6.07, 6.45) is 2.24. The number of anilines is 1. The second-order valence-corrected chi connectivity index (χ2v) is 5.61. The molecule has 1 aromatic carbocycles. The molecule has 0 unspecified atom stereocenters. The number of benzene rings is 1. The van der Waals surface area contributed by atoms with Gasteiger partial charge in [-0.3, -0.25) is 0 Å². The monoisotopic (exact) mass is 264 g/mol. The van der Waals surface area contributed by atoms with Crippen LogP contribution in [0, 0.1) is 6.92 Å². The van der Waals surface area contributed by atoms with Crippen LogP contribution in [0.1, 0.15) is 29.9 Å². The SMILES string of the molecule is Cc1ccc2[nH]c(C3(c4ccc(N)cc4)CC3)nc2n1. The Labute approximate surface area is 117 Å². The minimum absolute atomic E-state index is 0.0301. The van der Waals surface area contributed by atoms with Crippen molar-refractivity contribution in [2.24, 2.45) is 0 Å². The molecule has 0 aliphatic heterocycles. The van der Waals surface area contributed by atoms with Crippen LogP contribution in [0.5, 0.6) is 0 Å². The molecule has 1 aliphatic rings. The number of hydrogen-bond acceptors (Lipinski definition) is 3. The average molecular weight is 264 g/mol. The van der Waals surface area contributed by atoms with Crippen LogP contribution in [0.4, 0.5) is 5.69 Å². The lowest BCUT2D eigenvalue weighted by Crippen LogP contribution is -2.10. The lowest BCUT2D eigenvalue weighted by atomic mass is 9.95. The fourth-order valence-corrected chi connectivity index (χ4v) is 2.80. The van der Waals surface area contributed by atoms with Gasteiger partial charge in [-0.2, -0.15) is 0 Å². The molecule has 4 heteroatoms. The first-order valence-electron chi connectivity index (χ1n) is 6.87. The molecule has 0 spiro atoms. The van der Waals surface area contributed by atoms with Crippen molar-refractivity contribution in [2.75, 3.05) is 5.73 Å². The van der Waals surface area contributed by atoms with Crippen molar-refractivity contribution in [3.8, 4) is 0 Å². The number of nitrogens with zero attached hydrogens (tertiary/aromatic N) is 2. The van der Waals surface area contributed by atoms with Gasteiger partial charge in [-0.25, -0.2) is 9.97 Å². The van der Waals surface area contributed by atoms with Gasteiger partial charge in [-0.15, -0.1) is 0 Å². The van der Waals surface area contributed by atoms with Gasteiger partial charge in [0.05, 0.1) is 10.9 Å². The molecule has 2 aromatic heterocycles. The van der Waals surface area contributed by atoms with Crippen LogP contribution in [-0.4, -0.2) is 15.0 Å². The smallest absolute Gasteiger partial charge is 0.177 e. The minimum atomic E-state index is 0.0301. The Morgan fingerprint density at radius 2 is 1.80 bits per heavy atom. The summed E-state index contributed by atoms with van der Waals surface area (Å²) in [7, 11) is 0. The molecule has 0 atom stereocenters. The molecule has 4 nitrogen and oxygen atoms in total. The molecule has 4 rings (SSSR count). The first kappa shape index (κ1) is 11.5. The summed E-state index contributed by atoms with van der Waals surface area (Å²) in [5.74, 6) is 1.02. The molecule has 0 saturated heterocycles. The summed E-state index contributed by atoms with van der Waals surface area (Å²) in [5, 5.41) is 0. The lowest BCUT2D eigenvalue weighted by Gasteiger charge is -2.12. The van der Waals surface area contributed by atoms with Crippen LogP contribution in [0.2, 0.25) is 0 Å². The molecular weight excluding hydrogens is 248 g/mol. The number of imidazole rings is 1. The largest absolute Gasteiger partial charge is 0.399 e. The summed E-state index contributed by atoms with van der Waals surface area (Å²) >= 11 is 0. The minimum Gasteiger partial charge on any atom is -0.399 e. The van der Waals surface area contributed by atoms with Crippen molar-refractivity contribution < 1.29 is 0 Å². The van der Waals surface area contributed by atoms with E-state index in [1.807, 2.05) is 31.2 Å². The van der Waals surface area contributed by atoms with Crippen LogP contribution in [0.25, 0.3) is 11.2 Å². The molecule has 0 bridgehead atoms. The highest BCUT2D eigenvalue weighted by Gasteiger charge is 2.48. The Hall–Kier alpha value is -2.36. The topological polar surface area (TPSA) is 67.6 Å². The van der Waals surface area contributed by atoms with Crippen LogP contribution >= 0.6 is 0 Å². The third kappa shape index (κ3) is 1.61. The maximum absolute atomic E-state index is 5.77. The number of nitrogens with one attached hydrogen (secondary N) is 1. The first-order valence-corrected chi connectivity index (χ1v) is 6.87. The predicted octanol–water partition coefficient (Wildman–Crippen LogP) is 2.93. The molecule has 100 valence electrons. The normalized spacial score (nSPS) is 16.4. The molecular formula is C16H16N4. The number of rotatable bonds is 2. The van der Waals surface area contributed by atoms with E-state index >= 15 is 0 Å². The van der Waals surface area contributed by atoms with E-state index in [1.165, 1.54) is 5.56 Å². The van der Waals surface area contributed by atoms with Crippen LogP contribution < -0.4 is 5.73 Å². The van der Waals surface area contributed by atoms with Crippen LogP contribution in [0.15, 0.2) is 36.4 Å². The zero-order chi connectivity index (χ0) is 13.7. The molecule has 2 heterocycles. The van der Waals surface area contributed by atoms with Gasteiger partial charge in [-0.1, -0.05) is 12.1 Å². The highest BCUT2D eigenvalue weighted by molar-refractivity contribution is 5.71. The summed E-state index contributed by atoms with van der Waals surface area (Å²) in [6.45, 7) is 1.99. The van der Waals surface area contributed by atoms with Gasteiger partial charge >= 0.3 is 0 Å². The number of aryl methyl sites for hydroxylation is 1. The Morgan fingerprint density at radius 3 is 2.50 bits per heavy atom. The van der Waals surface area contributed by atoms with Crippen molar-refractivity contribution >= 4 is 16.9 Å². The Morgan fingerprint density at radius 1 is 1.05 bits per heavy atom. The van der Waals surface area contributed by atoms with E-state index in [1.54, 1.807) is 0 Å². The number of aromatic amines is 1. The van der Waals surface area contributed by atoms with Crippen molar-refractivity contribution in [3.05, 3.63) is 53.5 Å². The van der Waals surface area contributed by atoms with Crippen LogP contribution in [0.3, 0.4) is 0 Å². The molecule has 1 fully saturated rings. The van der Waals surface area contributed by atoms with Crippen molar-refractivity contribution in [1.82, 2.24) is 15.0 Å². The molecule has 20 heavy (non-hydrogen) atoms. The first-order chi connectivity index (χ1) is 9.67. The molecule has 1 aliphatic carbocycles. The van der Waals surface area contributed by atoms with Crippen molar-refractivity contribution in [2.45, 2.75) is 25.2 Å². The van der Waals surface area contributed by atoms with E-state index in [0.717, 1.165) is 41.2 Å². The average Bonchev–Trinajstić information content (AvgIpc) is 3.14. The summed E-state index contributed by atoms with van der Waals surface area (Å²) in [6, 6.07) is 12.2. The Kier molecular flexibility index (Phi) is 2.19. The highest BCUT2D eigenvalue weighted by Crippen LogP contribution is 2.52. The van der Waals surface area contributed by atoms with Gasteiger partial charge in [0.1, 0.15) is 5.82 Å². The second-order valence-electron chi connectivity index (χ2n) is 5.61. The second kappa shape index (κ2) is 3.82. The fraction of sp³-hybridized carbons (Fsp3) is 0.250. The third-order valence-electron chi connectivity index (χ3n) is 4.15. The number of pyridine rings is 1. The summed E-state index contributed by atoms with van der Waals surface area (Å²) in [5.41, 5.74) is 10.7. The number of fused-ring (bicyclic) bond motifs is 1. The zero-order valence-corrected chi connectivity index (χ0v) is 11.4. The number of nitrogens with two attached hydrogens (primary N) is 1. The zero-order valence-electron chi connectivity index (χ0n) is 11.4.